The Morgan fingerprint density at radius 1 is 1.35 bits per heavy atom. The number of sulfone groups is 1. The van der Waals surface area contributed by atoms with Crippen molar-refractivity contribution in [2.45, 2.75) is 51.4 Å². The standard InChI is InChI=1S/C12H23NO3S/c1-3-13-12(11-5-4-9(2)16-11)10-6-7-17(14,15)8-10/h9-13H,3-8H2,1-2H3. The summed E-state index contributed by atoms with van der Waals surface area (Å²) in [5.41, 5.74) is 0. The highest BCUT2D eigenvalue weighted by molar-refractivity contribution is 7.91. The van der Waals surface area contributed by atoms with Crippen molar-refractivity contribution in [3.05, 3.63) is 0 Å². The topological polar surface area (TPSA) is 55.4 Å². The SMILES string of the molecule is CCNC(C1CCS(=O)(=O)C1)C1CCC(C)O1. The van der Waals surface area contributed by atoms with Crippen LogP contribution in [0.25, 0.3) is 0 Å². The second kappa shape index (κ2) is 5.24. The molecule has 0 aliphatic carbocycles. The smallest absolute Gasteiger partial charge is 0.150 e. The van der Waals surface area contributed by atoms with Gasteiger partial charge in [-0.25, -0.2) is 8.42 Å². The van der Waals surface area contributed by atoms with E-state index in [9.17, 15) is 8.42 Å². The number of ether oxygens (including phenoxy) is 1. The van der Waals surface area contributed by atoms with E-state index < -0.39 is 9.84 Å². The normalized spacial score (nSPS) is 38.4. The lowest BCUT2D eigenvalue weighted by atomic mass is 9.93. The van der Waals surface area contributed by atoms with Crippen molar-refractivity contribution in [1.82, 2.24) is 5.32 Å². The van der Waals surface area contributed by atoms with Crippen LogP contribution < -0.4 is 5.32 Å². The fourth-order valence-corrected chi connectivity index (χ4v) is 4.90. The van der Waals surface area contributed by atoms with Gasteiger partial charge in [-0.05, 0) is 38.6 Å². The fraction of sp³-hybridized carbons (Fsp3) is 1.00. The Labute approximate surface area is 104 Å². The van der Waals surface area contributed by atoms with Crippen molar-refractivity contribution >= 4 is 9.84 Å². The van der Waals surface area contributed by atoms with Crippen LogP contribution in [-0.4, -0.2) is 44.7 Å². The third kappa shape index (κ3) is 3.20. The summed E-state index contributed by atoms with van der Waals surface area (Å²) in [5.74, 6) is 0.913. The van der Waals surface area contributed by atoms with E-state index in [1.165, 1.54) is 0 Å². The second-order valence-electron chi connectivity index (χ2n) is 5.31. The molecular formula is C12H23NO3S. The molecule has 2 rings (SSSR count). The summed E-state index contributed by atoms with van der Waals surface area (Å²) in [7, 11) is -2.80. The van der Waals surface area contributed by atoms with E-state index in [1.54, 1.807) is 0 Å². The number of nitrogens with one attached hydrogen (secondary N) is 1. The summed E-state index contributed by atoms with van der Waals surface area (Å²) in [4.78, 5) is 0. The van der Waals surface area contributed by atoms with Gasteiger partial charge in [0.05, 0.1) is 23.7 Å². The van der Waals surface area contributed by atoms with Gasteiger partial charge in [0.1, 0.15) is 0 Å². The summed E-state index contributed by atoms with van der Waals surface area (Å²) in [6.07, 6.45) is 3.44. The molecule has 2 saturated heterocycles. The molecule has 0 aromatic heterocycles. The predicted octanol–water partition coefficient (Wildman–Crippen LogP) is 0.967. The Bertz CT molecular complexity index is 355. The Balaban J connectivity index is 2.02. The molecule has 2 fully saturated rings. The van der Waals surface area contributed by atoms with Crippen LogP contribution >= 0.6 is 0 Å². The molecule has 4 unspecified atom stereocenters. The zero-order valence-electron chi connectivity index (χ0n) is 10.7. The van der Waals surface area contributed by atoms with Crippen LogP contribution in [0.15, 0.2) is 0 Å². The number of likely N-dealkylation sites (N-methyl/N-ethyl adjacent to an activating group) is 1. The fourth-order valence-electron chi connectivity index (χ4n) is 3.04. The van der Waals surface area contributed by atoms with E-state index in [-0.39, 0.29) is 18.1 Å². The van der Waals surface area contributed by atoms with Gasteiger partial charge in [0.25, 0.3) is 0 Å². The van der Waals surface area contributed by atoms with Gasteiger partial charge >= 0.3 is 0 Å². The monoisotopic (exact) mass is 261 g/mol. The third-order valence-electron chi connectivity index (χ3n) is 3.88. The quantitative estimate of drug-likeness (QED) is 0.819. The lowest BCUT2D eigenvalue weighted by Gasteiger charge is -2.29. The lowest BCUT2D eigenvalue weighted by molar-refractivity contribution is 0.0204. The van der Waals surface area contributed by atoms with E-state index in [1.807, 2.05) is 0 Å². The first kappa shape index (κ1) is 13.3. The van der Waals surface area contributed by atoms with Gasteiger partial charge < -0.3 is 10.1 Å². The molecule has 2 heterocycles. The number of hydrogen-bond donors (Lipinski definition) is 1. The van der Waals surface area contributed by atoms with Gasteiger partial charge in [-0.1, -0.05) is 6.92 Å². The zero-order chi connectivity index (χ0) is 12.5. The largest absolute Gasteiger partial charge is 0.374 e. The van der Waals surface area contributed by atoms with E-state index in [0.29, 0.717) is 17.6 Å². The Kier molecular flexibility index (Phi) is 4.10. The number of rotatable bonds is 4. The van der Waals surface area contributed by atoms with E-state index in [4.69, 9.17) is 4.74 Å². The molecule has 0 amide bonds. The first-order chi connectivity index (χ1) is 8.02. The molecule has 100 valence electrons. The molecule has 0 aromatic rings. The first-order valence-electron chi connectivity index (χ1n) is 6.61. The summed E-state index contributed by atoms with van der Waals surface area (Å²) in [6.45, 7) is 5.03. The van der Waals surface area contributed by atoms with E-state index >= 15 is 0 Å². The van der Waals surface area contributed by atoms with Crippen molar-refractivity contribution in [1.29, 1.82) is 0 Å². The highest BCUT2D eigenvalue weighted by atomic mass is 32.2. The van der Waals surface area contributed by atoms with Gasteiger partial charge in [-0.3, -0.25) is 0 Å². The zero-order valence-corrected chi connectivity index (χ0v) is 11.5. The molecule has 0 aromatic carbocycles. The van der Waals surface area contributed by atoms with Crippen LogP contribution in [0.3, 0.4) is 0 Å². The van der Waals surface area contributed by atoms with Crippen molar-refractivity contribution in [2.24, 2.45) is 5.92 Å². The third-order valence-corrected chi connectivity index (χ3v) is 5.67. The van der Waals surface area contributed by atoms with Gasteiger partial charge in [0, 0.05) is 6.04 Å². The van der Waals surface area contributed by atoms with Crippen molar-refractivity contribution in [2.75, 3.05) is 18.1 Å². The molecule has 17 heavy (non-hydrogen) atoms. The molecule has 4 nitrogen and oxygen atoms in total. The first-order valence-corrected chi connectivity index (χ1v) is 8.43. The molecular weight excluding hydrogens is 238 g/mol. The molecule has 2 aliphatic rings. The molecule has 0 spiro atoms. The minimum absolute atomic E-state index is 0.197. The summed E-state index contributed by atoms with van der Waals surface area (Å²) < 4.78 is 29.0. The van der Waals surface area contributed by atoms with Crippen LogP contribution in [0.5, 0.6) is 0 Å². The maximum atomic E-state index is 11.6. The maximum Gasteiger partial charge on any atom is 0.150 e. The second-order valence-corrected chi connectivity index (χ2v) is 7.54. The van der Waals surface area contributed by atoms with E-state index in [0.717, 1.165) is 25.8 Å². The van der Waals surface area contributed by atoms with Crippen molar-refractivity contribution in [3.63, 3.8) is 0 Å². The van der Waals surface area contributed by atoms with Crippen LogP contribution in [0, 0.1) is 5.92 Å². The lowest BCUT2D eigenvalue weighted by Crippen LogP contribution is -2.46. The highest BCUT2D eigenvalue weighted by Gasteiger charge is 2.39. The molecule has 0 saturated carbocycles. The summed E-state index contributed by atoms with van der Waals surface area (Å²) in [5, 5.41) is 3.44. The van der Waals surface area contributed by atoms with Crippen LogP contribution in [-0.2, 0) is 14.6 Å². The summed E-state index contributed by atoms with van der Waals surface area (Å²) >= 11 is 0. The summed E-state index contributed by atoms with van der Waals surface area (Å²) in [6, 6.07) is 0.210. The van der Waals surface area contributed by atoms with Gasteiger partial charge in [0.15, 0.2) is 9.84 Å². The van der Waals surface area contributed by atoms with Crippen LogP contribution in [0.4, 0.5) is 0 Å². The predicted molar refractivity (Wildman–Crippen MR) is 67.8 cm³/mol. The minimum atomic E-state index is -2.80. The molecule has 5 heteroatoms. The molecule has 0 bridgehead atoms. The van der Waals surface area contributed by atoms with Gasteiger partial charge in [0.2, 0.25) is 0 Å². The Morgan fingerprint density at radius 2 is 2.12 bits per heavy atom. The average Bonchev–Trinajstić information content (AvgIpc) is 2.81. The average molecular weight is 261 g/mol. The maximum absolute atomic E-state index is 11.6. The van der Waals surface area contributed by atoms with Crippen LogP contribution in [0.2, 0.25) is 0 Å². The Hall–Kier alpha value is -0.130. The van der Waals surface area contributed by atoms with E-state index in [2.05, 4.69) is 19.2 Å². The molecule has 1 N–H and O–H groups in total. The van der Waals surface area contributed by atoms with Crippen molar-refractivity contribution in [3.8, 4) is 0 Å². The number of hydrogen-bond acceptors (Lipinski definition) is 4. The molecule has 2 aliphatic heterocycles. The minimum Gasteiger partial charge on any atom is -0.374 e. The molecule has 4 atom stereocenters. The van der Waals surface area contributed by atoms with Gasteiger partial charge in [-0.15, -0.1) is 0 Å². The Morgan fingerprint density at radius 3 is 2.59 bits per heavy atom. The van der Waals surface area contributed by atoms with Crippen molar-refractivity contribution < 1.29 is 13.2 Å². The highest BCUT2D eigenvalue weighted by Crippen LogP contribution is 2.30. The molecule has 0 radical (unpaired) electrons. The van der Waals surface area contributed by atoms with Crippen LogP contribution in [0.1, 0.15) is 33.1 Å². The van der Waals surface area contributed by atoms with Gasteiger partial charge in [-0.2, -0.15) is 0 Å².